The largest absolute Gasteiger partial charge is 0.300 e. The lowest BCUT2D eigenvalue weighted by Gasteiger charge is -2.08. The van der Waals surface area contributed by atoms with Gasteiger partial charge in [0, 0.05) is 10.8 Å². The summed E-state index contributed by atoms with van der Waals surface area (Å²) in [7, 11) is 0. The molecule has 0 spiro atoms. The zero-order chi connectivity index (χ0) is 18.1. The summed E-state index contributed by atoms with van der Waals surface area (Å²) in [6.45, 7) is 1.67. The monoisotopic (exact) mass is 382 g/mol. The molecule has 8 heteroatoms. The topological polar surface area (TPSA) is 76.9 Å². The number of aryl methyl sites for hydroxylation is 1. The first-order valence-electron chi connectivity index (χ1n) is 7.87. The molecule has 0 aliphatic rings. The van der Waals surface area contributed by atoms with Crippen LogP contribution < -0.4 is 10.9 Å². The third-order valence-electron chi connectivity index (χ3n) is 3.87. The van der Waals surface area contributed by atoms with Crippen molar-refractivity contribution in [1.82, 2.24) is 14.8 Å². The zero-order valence-electron chi connectivity index (χ0n) is 13.8. The number of thiazole rings is 1. The smallest absolute Gasteiger partial charge is 0.275 e. The number of hydrogen-bond acceptors (Lipinski definition) is 6. The van der Waals surface area contributed by atoms with E-state index in [9.17, 15) is 9.59 Å². The minimum atomic E-state index is -0.332. The number of carbonyl (C=O) groups excluding carboxylic acids is 1. The van der Waals surface area contributed by atoms with E-state index in [0.29, 0.717) is 16.2 Å². The molecule has 4 rings (SSSR count). The number of amides is 1. The Kier molecular flexibility index (Phi) is 4.36. The highest BCUT2D eigenvalue weighted by Crippen LogP contribution is 2.28. The molecule has 6 nitrogen and oxygen atoms in total. The number of fused-ring (bicyclic) bond motifs is 1. The van der Waals surface area contributed by atoms with Gasteiger partial charge in [-0.2, -0.15) is 5.10 Å². The number of thiophene rings is 1. The van der Waals surface area contributed by atoms with Crippen molar-refractivity contribution in [2.45, 2.75) is 13.5 Å². The van der Waals surface area contributed by atoms with Gasteiger partial charge >= 0.3 is 0 Å². The number of aromatic nitrogens is 3. The van der Waals surface area contributed by atoms with Crippen molar-refractivity contribution in [2.24, 2.45) is 0 Å². The highest BCUT2D eigenvalue weighted by Gasteiger charge is 2.13. The molecule has 26 heavy (non-hydrogen) atoms. The Hall–Kier alpha value is -2.84. The molecule has 4 aromatic rings. The molecule has 3 heterocycles. The van der Waals surface area contributed by atoms with Gasteiger partial charge in [0.25, 0.3) is 5.56 Å². The van der Waals surface area contributed by atoms with Crippen LogP contribution in [0.5, 0.6) is 0 Å². The van der Waals surface area contributed by atoms with E-state index in [1.807, 2.05) is 41.9 Å². The summed E-state index contributed by atoms with van der Waals surface area (Å²) in [5.74, 6) is -0.332. The predicted octanol–water partition coefficient (Wildman–Crippen LogP) is 3.53. The SMILES string of the molecule is Cc1nn(CC(=O)Nc2nc(-c3cccs3)cs2)c(=O)c2ccccc12. The molecule has 130 valence electrons. The third-order valence-corrected chi connectivity index (χ3v) is 5.52. The molecular formula is C18H14N4O2S2. The highest BCUT2D eigenvalue weighted by molar-refractivity contribution is 7.16. The maximum absolute atomic E-state index is 12.5. The second kappa shape index (κ2) is 6.81. The number of benzene rings is 1. The van der Waals surface area contributed by atoms with E-state index in [0.717, 1.165) is 16.0 Å². The summed E-state index contributed by atoms with van der Waals surface area (Å²) in [4.78, 5) is 30.3. The maximum Gasteiger partial charge on any atom is 0.275 e. The van der Waals surface area contributed by atoms with Crippen molar-refractivity contribution in [3.63, 3.8) is 0 Å². The molecule has 1 aromatic carbocycles. The van der Waals surface area contributed by atoms with Gasteiger partial charge in [0.1, 0.15) is 6.54 Å². The van der Waals surface area contributed by atoms with Crippen LogP contribution in [-0.2, 0) is 11.3 Å². The lowest BCUT2D eigenvalue weighted by Crippen LogP contribution is -2.30. The van der Waals surface area contributed by atoms with Gasteiger partial charge in [-0.15, -0.1) is 22.7 Å². The molecule has 1 amide bonds. The Morgan fingerprint density at radius 1 is 1.15 bits per heavy atom. The minimum Gasteiger partial charge on any atom is -0.300 e. The van der Waals surface area contributed by atoms with Gasteiger partial charge in [0.15, 0.2) is 5.13 Å². The summed E-state index contributed by atoms with van der Waals surface area (Å²) in [6.07, 6.45) is 0. The molecule has 0 aliphatic carbocycles. The first-order valence-corrected chi connectivity index (χ1v) is 9.63. The van der Waals surface area contributed by atoms with Crippen LogP contribution in [0.1, 0.15) is 5.69 Å². The summed E-state index contributed by atoms with van der Waals surface area (Å²) < 4.78 is 1.20. The van der Waals surface area contributed by atoms with Gasteiger partial charge in [-0.3, -0.25) is 9.59 Å². The molecule has 3 aromatic heterocycles. The lowest BCUT2D eigenvalue weighted by atomic mass is 10.1. The van der Waals surface area contributed by atoms with E-state index in [2.05, 4.69) is 15.4 Å². The Labute approximate surface area is 156 Å². The molecule has 0 atom stereocenters. The molecule has 0 bridgehead atoms. The van der Waals surface area contributed by atoms with Crippen LogP contribution in [-0.4, -0.2) is 20.7 Å². The van der Waals surface area contributed by atoms with Crippen molar-refractivity contribution in [2.75, 3.05) is 5.32 Å². The summed E-state index contributed by atoms with van der Waals surface area (Å²) in [5, 5.41) is 12.7. The van der Waals surface area contributed by atoms with Crippen molar-refractivity contribution >= 4 is 44.5 Å². The number of anilines is 1. The van der Waals surface area contributed by atoms with Gasteiger partial charge in [-0.25, -0.2) is 9.67 Å². The zero-order valence-corrected chi connectivity index (χ0v) is 15.4. The fourth-order valence-corrected chi connectivity index (χ4v) is 4.16. The number of nitrogens with zero attached hydrogens (tertiary/aromatic N) is 3. The quantitative estimate of drug-likeness (QED) is 0.586. The minimum absolute atomic E-state index is 0.154. The molecule has 0 aliphatic heterocycles. The van der Waals surface area contributed by atoms with E-state index in [-0.39, 0.29) is 18.0 Å². The summed E-state index contributed by atoms with van der Waals surface area (Å²) in [6, 6.07) is 11.2. The highest BCUT2D eigenvalue weighted by atomic mass is 32.1. The Balaban J connectivity index is 1.55. The number of nitrogens with one attached hydrogen (secondary N) is 1. The Morgan fingerprint density at radius 3 is 2.73 bits per heavy atom. The first kappa shape index (κ1) is 16.6. The maximum atomic E-state index is 12.5. The summed E-state index contributed by atoms with van der Waals surface area (Å²) in [5.41, 5.74) is 1.26. The lowest BCUT2D eigenvalue weighted by molar-refractivity contribution is -0.117. The van der Waals surface area contributed by atoms with Crippen molar-refractivity contribution in [3.8, 4) is 10.6 Å². The van der Waals surface area contributed by atoms with E-state index in [4.69, 9.17) is 0 Å². The van der Waals surface area contributed by atoms with E-state index in [1.54, 1.807) is 23.5 Å². The fraction of sp³-hybridized carbons (Fsp3) is 0.111. The van der Waals surface area contributed by atoms with Crippen LogP contribution in [0, 0.1) is 6.92 Å². The second-order valence-electron chi connectivity index (χ2n) is 5.66. The standard InChI is InChI=1S/C18H14N4O2S2/c1-11-12-5-2-3-6-13(12)17(24)22(21-11)9-16(23)20-18-19-14(10-26-18)15-7-4-8-25-15/h2-8,10H,9H2,1H3,(H,19,20,23). The number of rotatable bonds is 4. The molecule has 0 saturated heterocycles. The fourth-order valence-electron chi connectivity index (χ4n) is 2.68. The van der Waals surface area contributed by atoms with Crippen molar-refractivity contribution in [1.29, 1.82) is 0 Å². The average Bonchev–Trinajstić information content (AvgIpc) is 3.31. The van der Waals surface area contributed by atoms with E-state index < -0.39 is 0 Å². The van der Waals surface area contributed by atoms with E-state index in [1.165, 1.54) is 16.0 Å². The van der Waals surface area contributed by atoms with Crippen LogP contribution in [0.2, 0.25) is 0 Å². The average molecular weight is 382 g/mol. The van der Waals surface area contributed by atoms with Crippen LogP contribution in [0.3, 0.4) is 0 Å². The van der Waals surface area contributed by atoms with Gasteiger partial charge < -0.3 is 5.32 Å². The summed E-state index contributed by atoms with van der Waals surface area (Å²) >= 11 is 2.94. The van der Waals surface area contributed by atoms with Gasteiger partial charge in [0.2, 0.25) is 5.91 Å². The van der Waals surface area contributed by atoms with Crippen LogP contribution in [0.25, 0.3) is 21.3 Å². The van der Waals surface area contributed by atoms with Crippen molar-refractivity contribution < 1.29 is 4.79 Å². The molecule has 0 fully saturated rings. The van der Waals surface area contributed by atoms with E-state index >= 15 is 0 Å². The van der Waals surface area contributed by atoms with Crippen LogP contribution in [0.4, 0.5) is 5.13 Å². The third kappa shape index (κ3) is 3.16. The van der Waals surface area contributed by atoms with Crippen LogP contribution >= 0.6 is 22.7 Å². The van der Waals surface area contributed by atoms with Gasteiger partial charge in [-0.05, 0) is 24.4 Å². The van der Waals surface area contributed by atoms with Gasteiger partial charge in [-0.1, -0.05) is 24.3 Å². The normalized spacial score (nSPS) is 11.0. The molecular weight excluding hydrogens is 368 g/mol. The van der Waals surface area contributed by atoms with Gasteiger partial charge in [0.05, 0.1) is 21.7 Å². The second-order valence-corrected chi connectivity index (χ2v) is 7.46. The number of hydrogen-bond donors (Lipinski definition) is 1. The van der Waals surface area contributed by atoms with Crippen LogP contribution in [0.15, 0.2) is 52.0 Å². The van der Waals surface area contributed by atoms with Crippen molar-refractivity contribution in [3.05, 3.63) is 63.2 Å². The molecule has 0 radical (unpaired) electrons. The molecule has 0 unspecified atom stereocenters. The first-order chi connectivity index (χ1) is 12.6. The predicted molar refractivity (Wildman–Crippen MR) is 105 cm³/mol. The number of carbonyl (C=O) groups is 1. The molecule has 0 saturated carbocycles. The Morgan fingerprint density at radius 2 is 1.96 bits per heavy atom. The molecule has 1 N–H and O–H groups in total. The Bertz CT molecular complexity index is 1150.